The van der Waals surface area contributed by atoms with Crippen LogP contribution in [0.4, 0.5) is 21.9 Å². The third-order valence-electron chi connectivity index (χ3n) is 6.80. The third kappa shape index (κ3) is 6.14. The molecule has 3 aromatic carbocycles. The molecule has 0 bridgehead atoms. The van der Waals surface area contributed by atoms with Gasteiger partial charge in [-0.05, 0) is 74.7 Å². The average Bonchev–Trinajstić information content (AvgIpc) is 2.91. The summed E-state index contributed by atoms with van der Waals surface area (Å²) in [5.74, 6) is 0.823. The Balaban J connectivity index is 1.39. The molecule has 0 aromatic heterocycles. The summed E-state index contributed by atoms with van der Waals surface area (Å²) in [7, 11) is 0. The quantitative estimate of drug-likeness (QED) is 0.279. The van der Waals surface area contributed by atoms with Gasteiger partial charge in [-0.1, -0.05) is 64.8 Å². The van der Waals surface area contributed by atoms with Crippen molar-refractivity contribution in [3.05, 3.63) is 98.7 Å². The number of aliphatic imine (C=N–C) groups is 1. The number of carbonyl (C=O) groups excluding carboxylic acids is 2. The van der Waals surface area contributed by atoms with E-state index in [0.717, 1.165) is 46.3 Å². The number of carbonyl (C=O) groups is 2. The summed E-state index contributed by atoms with van der Waals surface area (Å²) in [6.07, 6.45) is 0.998. The molecule has 2 aliphatic heterocycles. The average molecular weight is 595 g/mol. The number of hydrogen-bond donors (Lipinski definition) is 3. The highest BCUT2D eigenvalue weighted by Gasteiger charge is 2.37. The molecule has 2 heterocycles. The maximum atomic E-state index is 13.8. The summed E-state index contributed by atoms with van der Waals surface area (Å²) >= 11 is 13.8. The van der Waals surface area contributed by atoms with Crippen molar-refractivity contribution in [3.8, 4) is 0 Å². The number of fused-ring (bicyclic) bond motifs is 1. The molecule has 0 radical (unpaired) electrons. The molecule has 5 rings (SSSR count). The zero-order chi connectivity index (χ0) is 28.4. The SMILES string of the molecule is CC1=C(C(=O)Nc2ccc(C)cc2C)C(c2ccc(NC(=O)Nc3ccc(Cl)cc3Cl)cc2)N2CCCSC2=N1. The van der Waals surface area contributed by atoms with Crippen molar-refractivity contribution in [2.45, 2.75) is 33.2 Å². The Hall–Kier alpha value is -3.46. The fourth-order valence-corrected chi connectivity index (χ4v) is 6.35. The summed E-state index contributed by atoms with van der Waals surface area (Å²) in [4.78, 5) is 33.4. The minimum atomic E-state index is -0.430. The van der Waals surface area contributed by atoms with Crippen LogP contribution in [-0.2, 0) is 4.79 Å². The lowest BCUT2D eigenvalue weighted by Crippen LogP contribution is -2.43. The summed E-state index contributed by atoms with van der Waals surface area (Å²) in [5.41, 5.74) is 6.24. The van der Waals surface area contributed by atoms with Crippen LogP contribution in [0.1, 0.15) is 36.1 Å². The standard InChI is InChI=1S/C30H29Cl2N5O2S/c1-17-5-11-24(18(2)15-17)35-28(38)26-19(3)33-30-37(13-4-14-40-30)27(26)20-6-9-22(10-7-20)34-29(39)36-25-12-8-21(31)16-23(25)32/h5-12,15-16,27H,4,13-14H2,1-3H3,(H,35,38)(H2,34,36,39). The van der Waals surface area contributed by atoms with Crippen molar-refractivity contribution in [2.24, 2.45) is 4.99 Å². The van der Waals surface area contributed by atoms with Crippen molar-refractivity contribution in [1.29, 1.82) is 0 Å². The van der Waals surface area contributed by atoms with E-state index in [0.29, 0.717) is 32.7 Å². The Labute approximate surface area is 248 Å². The van der Waals surface area contributed by atoms with E-state index in [4.69, 9.17) is 28.2 Å². The number of amides is 3. The maximum Gasteiger partial charge on any atom is 0.323 e. The summed E-state index contributed by atoms with van der Waals surface area (Å²) in [5, 5.41) is 10.4. The number of urea groups is 1. The van der Waals surface area contributed by atoms with Gasteiger partial charge in [0, 0.05) is 28.7 Å². The monoisotopic (exact) mass is 593 g/mol. The van der Waals surface area contributed by atoms with Crippen LogP contribution in [0.25, 0.3) is 0 Å². The maximum absolute atomic E-state index is 13.8. The molecule has 40 heavy (non-hydrogen) atoms. The second-order valence-electron chi connectivity index (χ2n) is 9.79. The Morgan fingerprint density at radius 3 is 2.40 bits per heavy atom. The lowest BCUT2D eigenvalue weighted by Gasteiger charge is -2.41. The minimum Gasteiger partial charge on any atom is -0.340 e. The number of thioether (sulfide) groups is 1. The number of nitrogens with one attached hydrogen (secondary N) is 3. The molecule has 3 N–H and O–H groups in total. The van der Waals surface area contributed by atoms with Gasteiger partial charge in [0.15, 0.2) is 5.17 Å². The molecule has 1 fully saturated rings. The predicted molar refractivity (Wildman–Crippen MR) is 167 cm³/mol. The van der Waals surface area contributed by atoms with Crippen LogP contribution < -0.4 is 16.0 Å². The normalized spacial score (nSPS) is 16.7. The van der Waals surface area contributed by atoms with Gasteiger partial charge in [0.25, 0.3) is 5.91 Å². The van der Waals surface area contributed by atoms with Crippen LogP contribution in [0.15, 0.2) is 76.9 Å². The number of hydrogen-bond acceptors (Lipinski definition) is 5. The molecular formula is C30H29Cl2N5O2S. The van der Waals surface area contributed by atoms with E-state index in [1.54, 1.807) is 30.0 Å². The number of rotatable bonds is 5. The molecule has 2 aliphatic rings. The van der Waals surface area contributed by atoms with Crippen molar-refractivity contribution in [3.63, 3.8) is 0 Å². The first-order chi connectivity index (χ1) is 19.2. The highest BCUT2D eigenvalue weighted by atomic mass is 35.5. The second kappa shape index (κ2) is 12.0. The van der Waals surface area contributed by atoms with Crippen LogP contribution in [0.2, 0.25) is 10.0 Å². The highest BCUT2D eigenvalue weighted by molar-refractivity contribution is 8.13. The lowest BCUT2D eigenvalue weighted by molar-refractivity contribution is -0.113. The van der Waals surface area contributed by atoms with Crippen LogP contribution in [0.3, 0.4) is 0 Å². The van der Waals surface area contributed by atoms with Crippen molar-refractivity contribution in [2.75, 3.05) is 28.2 Å². The van der Waals surface area contributed by atoms with Gasteiger partial charge in [0.05, 0.1) is 28.0 Å². The molecule has 10 heteroatoms. The van der Waals surface area contributed by atoms with Crippen LogP contribution in [0, 0.1) is 13.8 Å². The van der Waals surface area contributed by atoms with E-state index in [1.807, 2.05) is 57.2 Å². The molecule has 7 nitrogen and oxygen atoms in total. The Kier molecular flexibility index (Phi) is 8.40. The number of aryl methyl sites for hydroxylation is 2. The highest BCUT2D eigenvalue weighted by Crippen LogP contribution is 2.40. The first kappa shape index (κ1) is 28.1. The number of amidine groups is 1. The molecule has 1 unspecified atom stereocenters. The fourth-order valence-electron chi connectivity index (χ4n) is 4.87. The van der Waals surface area contributed by atoms with Crippen LogP contribution in [-0.4, -0.2) is 34.3 Å². The van der Waals surface area contributed by atoms with Gasteiger partial charge in [-0.15, -0.1) is 0 Å². The number of allylic oxidation sites excluding steroid dienone is 1. The number of nitrogens with zero attached hydrogens (tertiary/aromatic N) is 2. The van der Waals surface area contributed by atoms with E-state index in [-0.39, 0.29) is 11.9 Å². The molecule has 206 valence electrons. The largest absolute Gasteiger partial charge is 0.340 e. The van der Waals surface area contributed by atoms with Gasteiger partial charge in [-0.3, -0.25) is 4.79 Å². The smallest absolute Gasteiger partial charge is 0.323 e. The second-order valence-corrected chi connectivity index (χ2v) is 11.7. The predicted octanol–water partition coefficient (Wildman–Crippen LogP) is 8.02. The van der Waals surface area contributed by atoms with Gasteiger partial charge in [-0.2, -0.15) is 0 Å². The Morgan fingerprint density at radius 2 is 1.68 bits per heavy atom. The van der Waals surface area contributed by atoms with Crippen molar-refractivity contribution < 1.29 is 9.59 Å². The van der Waals surface area contributed by atoms with E-state index < -0.39 is 6.03 Å². The summed E-state index contributed by atoms with van der Waals surface area (Å²) in [6.45, 7) is 6.71. The summed E-state index contributed by atoms with van der Waals surface area (Å²) in [6, 6.07) is 17.6. The molecule has 3 amide bonds. The van der Waals surface area contributed by atoms with Crippen molar-refractivity contribution >= 4 is 69.1 Å². The number of anilines is 3. The van der Waals surface area contributed by atoms with Gasteiger partial charge >= 0.3 is 6.03 Å². The van der Waals surface area contributed by atoms with Gasteiger partial charge in [0.2, 0.25) is 0 Å². The molecular weight excluding hydrogens is 565 g/mol. The minimum absolute atomic E-state index is 0.172. The first-order valence-electron chi connectivity index (χ1n) is 12.9. The zero-order valence-electron chi connectivity index (χ0n) is 22.3. The van der Waals surface area contributed by atoms with E-state index >= 15 is 0 Å². The topological polar surface area (TPSA) is 85.8 Å². The summed E-state index contributed by atoms with van der Waals surface area (Å²) < 4.78 is 0. The molecule has 0 spiro atoms. The van der Waals surface area contributed by atoms with Gasteiger partial charge in [0.1, 0.15) is 0 Å². The zero-order valence-corrected chi connectivity index (χ0v) is 24.7. The van der Waals surface area contributed by atoms with Crippen LogP contribution >= 0.6 is 35.0 Å². The number of halogens is 2. The Morgan fingerprint density at radius 1 is 0.925 bits per heavy atom. The van der Waals surface area contributed by atoms with Gasteiger partial charge in [-0.25, -0.2) is 9.79 Å². The molecule has 0 aliphatic carbocycles. The van der Waals surface area contributed by atoms with E-state index in [2.05, 4.69) is 26.9 Å². The van der Waals surface area contributed by atoms with E-state index in [9.17, 15) is 9.59 Å². The van der Waals surface area contributed by atoms with Crippen molar-refractivity contribution in [1.82, 2.24) is 4.90 Å². The first-order valence-corrected chi connectivity index (χ1v) is 14.6. The molecule has 1 atom stereocenters. The lowest BCUT2D eigenvalue weighted by atomic mass is 9.93. The Bertz CT molecular complexity index is 1540. The van der Waals surface area contributed by atoms with Gasteiger partial charge < -0.3 is 20.9 Å². The number of benzene rings is 3. The molecule has 1 saturated heterocycles. The molecule has 3 aromatic rings. The van der Waals surface area contributed by atoms with E-state index in [1.165, 1.54) is 0 Å². The third-order valence-corrected chi connectivity index (χ3v) is 8.42. The molecule has 0 saturated carbocycles. The van der Waals surface area contributed by atoms with Crippen LogP contribution in [0.5, 0.6) is 0 Å². The fraction of sp³-hybridized carbons (Fsp3) is 0.233.